The molecule has 1 aliphatic heterocycles. The number of carbonyl (C=O) groups is 1. The van der Waals surface area contributed by atoms with E-state index in [1.807, 2.05) is 13.8 Å². The maximum absolute atomic E-state index is 12.6. The summed E-state index contributed by atoms with van der Waals surface area (Å²) in [4.78, 5) is 16.0. The van der Waals surface area contributed by atoms with Crippen molar-refractivity contribution >= 4 is 16.8 Å². The molecule has 124 valence electrons. The molecule has 0 fully saturated rings. The van der Waals surface area contributed by atoms with Gasteiger partial charge in [-0.05, 0) is 49.8 Å². The fraction of sp³-hybridized carbons (Fsp3) is 0.526. The van der Waals surface area contributed by atoms with Crippen LogP contribution in [0.1, 0.15) is 51.3 Å². The zero-order valence-electron chi connectivity index (χ0n) is 14.4. The molecule has 0 bridgehead atoms. The Bertz CT molecular complexity index is 702. The fourth-order valence-electron chi connectivity index (χ4n) is 3.57. The second-order valence-corrected chi connectivity index (χ2v) is 7.35. The number of hydrogen-bond donors (Lipinski definition) is 3. The molecule has 1 aliphatic rings. The van der Waals surface area contributed by atoms with Gasteiger partial charge in [0, 0.05) is 29.2 Å². The van der Waals surface area contributed by atoms with E-state index in [4.69, 9.17) is 0 Å². The predicted molar refractivity (Wildman–Crippen MR) is 94.4 cm³/mol. The normalized spacial score (nSPS) is 21.0. The lowest BCUT2D eigenvalue weighted by Crippen LogP contribution is -2.48. The fourth-order valence-corrected chi connectivity index (χ4v) is 3.57. The lowest BCUT2D eigenvalue weighted by molar-refractivity contribution is -0.123. The van der Waals surface area contributed by atoms with Gasteiger partial charge in [-0.2, -0.15) is 0 Å². The zero-order chi connectivity index (χ0) is 16.6. The van der Waals surface area contributed by atoms with Crippen LogP contribution >= 0.6 is 0 Å². The van der Waals surface area contributed by atoms with Gasteiger partial charge < -0.3 is 10.3 Å². The van der Waals surface area contributed by atoms with Crippen molar-refractivity contribution in [3.63, 3.8) is 0 Å². The Morgan fingerprint density at radius 3 is 2.78 bits per heavy atom. The van der Waals surface area contributed by atoms with Crippen LogP contribution in [-0.2, 0) is 11.2 Å². The Hall–Kier alpha value is -1.81. The summed E-state index contributed by atoms with van der Waals surface area (Å²) >= 11 is 0. The standard InChI is InChI=1S/C19H27N3O/c1-11(2)8-16-14-6-5-7-15-18(14)13(10-20-15)9-17(22-16)19(23)21-12(3)4/h5-7,10-12,16-17,20,22H,8-9H2,1-4H3,(H,21,23)/t16-,17-/m0/s1. The van der Waals surface area contributed by atoms with E-state index < -0.39 is 0 Å². The molecule has 0 saturated carbocycles. The highest BCUT2D eigenvalue weighted by Crippen LogP contribution is 2.34. The molecular formula is C19H27N3O. The molecule has 3 N–H and O–H groups in total. The summed E-state index contributed by atoms with van der Waals surface area (Å²) in [6.07, 6.45) is 3.81. The first-order valence-electron chi connectivity index (χ1n) is 8.61. The molecule has 3 rings (SSSR count). The van der Waals surface area contributed by atoms with Crippen molar-refractivity contribution in [1.82, 2.24) is 15.6 Å². The number of amides is 1. The van der Waals surface area contributed by atoms with Gasteiger partial charge in [0.05, 0.1) is 6.04 Å². The quantitative estimate of drug-likeness (QED) is 0.811. The van der Waals surface area contributed by atoms with Gasteiger partial charge in [-0.3, -0.25) is 10.1 Å². The van der Waals surface area contributed by atoms with Crippen LogP contribution in [0.5, 0.6) is 0 Å². The van der Waals surface area contributed by atoms with Gasteiger partial charge in [-0.15, -0.1) is 0 Å². The first kappa shape index (κ1) is 16.1. The van der Waals surface area contributed by atoms with Gasteiger partial charge in [0.1, 0.15) is 0 Å². The highest BCUT2D eigenvalue weighted by atomic mass is 16.2. The smallest absolute Gasteiger partial charge is 0.237 e. The molecule has 1 aromatic carbocycles. The molecule has 0 unspecified atom stereocenters. The number of rotatable bonds is 4. The second-order valence-electron chi connectivity index (χ2n) is 7.35. The van der Waals surface area contributed by atoms with Gasteiger partial charge >= 0.3 is 0 Å². The summed E-state index contributed by atoms with van der Waals surface area (Å²) in [6.45, 7) is 8.47. The molecule has 0 saturated heterocycles. The van der Waals surface area contributed by atoms with Crippen LogP contribution in [-0.4, -0.2) is 23.0 Å². The maximum atomic E-state index is 12.6. The number of aromatic amines is 1. The van der Waals surface area contributed by atoms with Crippen molar-refractivity contribution in [2.24, 2.45) is 5.92 Å². The molecule has 2 heterocycles. The number of aromatic nitrogens is 1. The van der Waals surface area contributed by atoms with Crippen molar-refractivity contribution < 1.29 is 4.79 Å². The third-order valence-electron chi connectivity index (χ3n) is 4.48. The molecule has 4 nitrogen and oxygen atoms in total. The van der Waals surface area contributed by atoms with E-state index in [-0.39, 0.29) is 24.0 Å². The monoisotopic (exact) mass is 313 g/mol. The zero-order valence-corrected chi connectivity index (χ0v) is 14.4. The number of nitrogens with one attached hydrogen (secondary N) is 3. The molecule has 0 spiro atoms. The minimum atomic E-state index is -0.187. The van der Waals surface area contributed by atoms with Crippen molar-refractivity contribution in [2.45, 2.75) is 58.7 Å². The second kappa shape index (κ2) is 6.36. The molecule has 2 atom stereocenters. The number of hydrogen-bond acceptors (Lipinski definition) is 2. The first-order valence-corrected chi connectivity index (χ1v) is 8.61. The SMILES string of the molecule is CC(C)C[C@@H]1N[C@H](C(=O)NC(C)C)Cc2c[nH]c3cccc1c23. The molecule has 1 aromatic heterocycles. The Morgan fingerprint density at radius 2 is 2.09 bits per heavy atom. The first-order chi connectivity index (χ1) is 11.0. The van der Waals surface area contributed by atoms with Gasteiger partial charge in [0.25, 0.3) is 0 Å². The van der Waals surface area contributed by atoms with Gasteiger partial charge in [0.2, 0.25) is 5.91 Å². The average Bonchev–Trinajstić information content (AvgIpc) is 2.80. The van der Waals surface area contributed by atoms with E-state index in [9.17, 15) is 4.79 Å². The summed E-state index contributed by atoms with van der Waals surface area (Å²) in [5, 5.41) is 7.97. The Labute approximate surface area is 138 Å². The third kappa shape index (κ3) is 3.27. The largest absolute Gasteiger partial charge is 0.361 e. The highest BCUT2D eigenvalue weighted by molar-refractivity contribution is 5.90. The summed E-state index contributed by atoms with van der Waals surface area (Å²) in [5.41, 5.74) is 3.71. The van der Waals surface area contributed by atoms with Gasteiger partial charge in [0.15, 0.2) is 0 Å². The van der Waals surface area contributed by atoms with E-state index in [1.165, 1.54) is 16.5 Å². The van der Waals surface area contributed by atoms with Crippen molar-refractivity contribution in [3.05, 3.63) is 35.5 Å². The number of carbonyl (C=O) groups excluding carboxylic acids is 1. The molecule has 23 heavy (non-hydrogen) atoms. The molecule has 4 heteroatoms. The summed E-state index contributed by atoms with van der Waals surface area (Å²) in [6, 6.07) is 6.59. The van der Waals surface area contributed by atoms with Crippen LogP contribution in [0.3, 0.4) is 0 Å². The topological polar surface area (TPSA) is 56.9 Å². The van der Waals surface area contributed by atoms with E-state index >= 15 is 0 Å². The molecule has 1 amide bonds. The molecule has 0 radical (unpaired) electrons. The van der Waals surface area contributed by atoms with Crippen LogP contribution in [0.2, 0.25) is 0 Å². The third-order valence-corrected chi connectivity index (χ3v) is 4.48. The summed E-state index contributed by atoms with van der Waals surface area (Å²) < 4.78 is 0. The van der Waals surface area contributed by atoms with E-state index in [0.717, 1.165) is 18.4 Å². The minimum absolute atomic E-state index is 0.0934. The van der Waals surface area contributed by atoms with Crippen LogP contribution in [0.15, 0.2) is 24.4 Å². The van der Waals surface area contributed by atoms with Crippen LogP contribution in [0, 0.1) is 5.92 Å². The molecule has 2 aromatic rings. The van der Waals surface area contributed by atoms with Gasteiger partial charge in [-0.1, -0.05) is 26.0 Å². The Balaban J connectivity index is 2.00. The average molecular weight is 313 g/mol. The highest BCUT2D eigenvalue weighted by Gasteiger charge is 2.30. The Morgan fingerprint density at radius 1 is 1.30 bits per heavy atom. The van der Waals surface area contributed by atoms with Crippen LogP contribution in [0.25, 0.3) is 10.9 Å². The Kier molecular flexibility index (Phi) is 4.44. The molecular weight excluding hydrogens is 286 g/mol. The lowest BCUT2D eigenvalue weighted by Gasteiger charge is -2.25. The van der Waals surface area contributed by atoms with Crippen LogP contribution < -0.4 is 10.6 Å². The minimum Gasteiger partial charge on any atom is -0.361 e. The van der Waals surface area contributed by atoms with E-state index in [2.05, 4.69) is 53.9 Å². The van der Waals surface area contributed by atoms with E-state index in [1.54, 1.807) is 0 Å². The van der Waals surface area contributed by atoms with Crippen molar-refractivity contribution in [1.29, 1.82) is 0 Å². The van der Waals surface area contributed by atoms with Crippen LogP contribution in [0.4, 0.5) is 0 Å². The van der Waals surface area contributed by atoms with Crippen molar-refractivity contribution in [3.8, 4) is 0 Å². The van der Waals surface area contributed by atoms with Gasteiger partial charge in [-0.25, -0.2) is 0 Å². The number of benzene rings is 1. The van der Waals surface area contributed by atoms with Crippen molar-refractivity contribution in [2.75, 3.05) is 0 Å². The molecule has 0 aliphatic carbocycles. The predicted octanol–water partition coefficient (Wildman–Crippen LogP) is 3.29. The summed E-state index contributed by atoms with van der Waals surface area (Å²) in [7, 11) is 0. The maximum Gasteiger partial charge on any atom is 0.237 e. The number of H-pyrrole nitrogens is 1. The van der Waals surface area contributed by atoms with E-state index in [0.29, 0.717) is 5.92 Å². The lowest BCUT2D eigenvalue weighted by atomic mass is 9.94. The summed E-state index contributed by atoms with van der Waals surface area (Å²) in [5.74, 6) is 0.660.